The molecule has 0 radical (unpaired) electrons. The second kappa shape index (κ2) is 5.82. The highest BCUT2D eigenvalue weighted by atomic mass is 32.1. The number of rotatable bonds is 4. The minimum Gasteiger partial charge on any atom is -0.465 e. The van der Waals surface area contributed by atoms with Crippen LogP contribution in [-0.2, 0) is 9.53 Å². The average Bonchev–Trinajstić information content (AvgIpc) is 2.00. The monoisotopic (exact) mass is 197 g/mol. The van der Waals surface area contributed by atoms with E-state index in [2.05, 4.69) is 22.3 Å². The van der Waals surface area contributed by atoms with Gasteiger partial charge in [0.25, 0.3) is 6.43 Å². The number of thiocarbonyl (C=S) groups is 1. The van der Waals surface area contributed by atoms with E-state index in [1.54, 1.807) is 6.92 Å². The smallest absolute Gasteiger partial charge is 0.325 e. The summed E-state index contributed by atoms with van der Waals surface area (Å²) in [7, 11) is 0. The van der Waals surface area contributed by atoms with Gasteiger partial charge in [0.15, 0.2) is 0 Å². The fraction of sp³-hybridized carbons (Fsp3) is 0.667. The van der Waals surface area contributed by atoms with Crippen LogP contribution in [0.5, 0.6) is 0 Å². The lowest BCUT2D eigenvalue weighted by molar-refractivity contribution is -0.141. The van der Waals surface area contributed by atoms with E-state index in [1.165, 1.54) is 0 Å². The number of alkyl halides is 2. The maximum Gasteiger partial charge on any atom is 0.325 e. The van der Waals surface area contributed by atoms with Crippen LogP contribution in [0.3, 0.4) is 0 Å². The fourth-order valence-electron chi connectivity index (χ4n) is 0.448. The Hall–Kier alpha value is -0.780. The Morgan fingerprint density at radius 3 is 2.67 bits per heavy atom. The third kappa shape index (κ3) is 4.95. The van der Waals surface area contributed by atoms with Crippen LogP contribution in [0.25, 0.3) is 0 Å². The Balaban J connectivity index is 3.54. The number of hydrogen-bond donors (Lipinski definition) is 1. The molecule has 0 aromatic heterocycles. The van der Waals surface area contributed by atoms with Crippen LogP contribution in [0, 0.1) is 0 Å². The summed E-state index contributed by atoms with van der Waals surface area (Å²) in [5.74, 6) is -0.597. The molecule has 0 aliphatic heterocycles. The molecular formula is C6H9F2NO2S. The van der Waals surface area contributed by atoms with Crippen LogP contribution < -0.4 is 5.32 Å². The molecule has 0 unspecified atom stereocenters. The van der Waals surface area contributed by atoms with Crippen molar-refractivity contribution >= 4 is 23.2 Å². The molecule has 0 aromatic carbocycles. The topological polar surface area (TPSA) is 38.3 Å². The Kier molecular flexibility index (Phi) is 5.44. The van der Waals surface area contributed by atoms with Gasteiger partial charge in [-0.05, 0) is 6.92 Å². The van der Waals surface area contributed by atoms with E-state index in [1.807, 2.05) is 0 Å². The van der Waals surface area contributed by atoms with Gasteiger partial charge in [-0.2, -0.15) is 0 Å². The van der Waals surface area contributed by atoms with Crippen molar-refractivity contribution in [2.24, 2.45) is 0 Å². The molecule has 0 spiro atoms. The van der Waals surface area contributed by atoms with E-state index in [-0.39, 0.29) is 13.2 Å². The Labute approximate surface area is 74.1 Å². The average molecular weight is 197 g/mol. The first-order valence-corrected chi connectivity index (χ1v) is 3.70. The van der Waals surface area contributed by atoms with E-state index in [0.29, 0.717) is 0 Å². The van der Waals surface area contributed by atoms with Crippen LogP contribution in [0.15, 0.2) is 0 Å². The van der Waals surface area contributed by atoms with Crippen LogP contribution in [0.4, 0.5) is 8.78 Å². The predicted molar refractivity (Wildman–Crippen MR) is 43.2 cm³/mol. The lowest BCUT2D eigenvalue weighted by Crippen LogP contribution is -2.33. The summed E-state index contributed by atoms with van der Waals surface area (Å²) in [6.45, 7) is 1.54. The van der Waals surface area contributed by atoms with Gasteiger partial charge in [-0.1, -0.05) is 12.2 Å². The second-order valence-corrected chi connectivity index (χ2v) is 2.26. The number of esters is 1. The van der Waals surface area contributed by atoms with Crippen molar-refractivity contribution < 1.29 is 18.3 Å². The molecule has 0 atom stereocenters. The first-order valence-electron chi connectivity index (χ1n) is 3.29. The number of carbonyl (C=O) groups excluding carboxylic acids is 1. The zero-order valence-electron chi connectivity index (χ0n) is 6.47. The lowest BCUT2D eigenvalue weighted by Gasteiger charge is -2.05. The molecule has 12 heavy (non-hydrogen) atoms. The van der Waals surface area contributed by atoms with Gasteiger partial charge < -0.3 is 10.1 Å². The van der Waals surface area contributed by atoms with Crippen molar-refractivity contribution in [2.45, 2.75) is 13.3 Å². The van der Waals surface area contributed by atoms with Gasteiger partial charge in [0.2, 0.25) is 0 Å². The van der Waals surface area contributed by atoms with Crippen molar-refractivity contribution in [3.8, 4) is 0 Å². The standard InChI is InChI=1S/C6H9F2NO2S/c1-2-11-4(10)3-9-6(12)5(7)8/h5H,2-3H2,1H3,(H,9,12). The normalized spacial score (nSPS) is 9.67. The summed E-state index contributed by atoms with van der Waals surface area (Å²) < 4.78 is 27.9. The largest absolute Gasteiger partial charge is 0.465 e. The van der Waals surface area contributed by atoms with Crippen molar-refractivity contribution in [1.82, 2.24) is 5.32 Å². The summed E-state index contributed by atoms with van der Waals surface area (Å²) in [5, 5.41) is 2.07. The van der Waals surface area contributed by atoms with E-state index in [0.717, 1.165) is 0 Å². The van der Waals surface area contributed by atoms with Gasteiger partial charge in [-0.3, -0.25) is 4.79 Å². The number of hydrogen-bond acceptors (Lipinski definition) is 3. The Bertz CT molecular complexity index is 175. The number of carbonyl (C=O) groups is 1. The molecule has 0 aliphatic rings. The molecule has 0 fully saturated rings. The molecular weight excluding hydrogens is 188 g/mol. The lowest BCUT2D eigenvalue weighted by atomic mass is 10.6. The highest BCUT2D eigenvalue weighted by molar-refractivity contribution is 7.80. The number of nitrogens with one attached hydrogen (secondary N) is 1. The van der Waals surface area contributed by atoms with Crippen molar-refractivity contribution in [3.63, 3.8) is 0 Å². The third-order valence-electron chi connectivity index (χ3n) is 0.910. The molecule has 3 nitrogen and oxygen atoms in total. The van der Waals surface area contributed by atoms with Gasteiger partial charge in [-0.25, -0.2) is 8.78 Å². The van der Waals surface area contributed by atoms with E-state index < -0.39 is 17.4 Å². The molecule has 6 heteroatoms. The quantitative estimate of drug-likeness (QED) is 0.532. The maximum atomic E-state index is 11.7. The summed E-state index contributed by atoms with van der Waals surface area (Å²) >= 11 is 4.21. The molecule has 70 valence electrons. The van der Waals surface area contributed by atoms with Crippen molar-refractivity contribution in [2.75, 3.05) is 13.2 Å². The highest BCUT2D eigenvalue weighted by Crippen LogP contribution is 1.92. The minimum atomic E-state index is -2.73. The fourth-order valence-corrected chi connectivity index (χ4v) is 0.521. The Morgan fingerprint density at radius 2 is 2.25 bits per heavy atom. The Morgan fingerprint density at radius 1 is 1.67 bits per heavy atom. The molecule has 0 heterocycles. The zero-order valence-corrected chi connectivity index (χ0v) is 7.29. The number of ether oxygens (including phenoxy) is 1. The van der Waals surface area contributed by atoms with Gasteiger partial charge in [0.05, 0.1) is 6.61 Å². The summed E-state index contributed by atoms with van der Waals surface area (Å²) in [6, 6.07) is 0. The van der Waals surface area contributed by atoms with Gasteiger partial charge >= 0.3 is 5.97 Å². The van der Waals surface area contributed by atoms with Gasteiger partial charge in [0, 0.05) is 0 Å². The summed E-state index contributed by atoms with van der Waals surface area (Å²) in [4.78, 5) is 9.94. The van der Waals surface area contributed by atoms with Crippen molar-refractivity contribution in [3.05, 3.63) is 0 Å². The molecule has 0 saturated heterocycles. The van der Waals surface area contributed by atoms with Crippen LogP contribution in [0.2, 0.25) is 0 Å². The molecule has 0 aliphatic carbocycles. The minimum absolute atomic E-state index is 0.224. The van der Waals surface area contributed by atoms with Crippen LogP contribution in [-0.4, -0.2) is 30.5 Å². The molecule has 0 amide bonds. The van der Waals surface area contributed by atoms with Crippen molar-refractivity contribution in [1.29, 1.82) is 0 Å². The third-order valence-corrected chi connectivity index (χ3v) is 1.23. The zero-order chi connectivity index (χ0) is 9.56. The highest BCUT2D eigenvalue weighted by Gasteiger charge is 2.11. The molecule has 0 bridgehead atoms. The second-order valence-electron chi connectivity index (χ2n) is 1.82. The summed E-state index contributed by atoms with van der Waals surface area (Å²) in [5.41, 5.74) is 0. The van der Waals surface area contributed by atoms with Gasteiger partial charge in [0.1, 0.15) is 11.5 Å². The molecule has 0 aromatic rings. The van der Waals surface area contributed by atoms with E-state index >= 15 is 0 Å². The molecule has 0 rings (SSSR count). The maximum absolute atomic E-state index is 11.7. The number of halogens is 2. The summed E-state index contributed by atoms with van der Waals surface area (Å²) in [6.07, 6.45) is -2.73. The first kappa shape index (κ1) is 11.2. The first-order chi connectivity index (χ1) is 5.57. The van der Waals surface area contributed by atoms with E-state index in [9.17, 15) is 13.6 Å². The molecule has 0 saturated carbocycles. The van der Waals surface area contributed by atoms with Crippen LogP contribution >= 0.6 is 12.2 Å². The van der Waals surface area contributed by atoms with Gasteiger partial charge in [-0.15, -0.1) is 0 Å². The molecule has 1 N–H and O–H groups in total. The SMILES string of the molecule is CCOC(=O)CNC(=S)C(F)F. The van der Waals surface area contributed by atoms with Crippen LogP contribution in [0.1, 0.15) is 6.92 Å². The predicted octanol–water partition coefficient (Wildman–Crippen LogP) is 0.732. The van der Waals surface area contributed by atoms with E-state index in [4.69, 9.17) is 0 Å².